The van der Waals surface area contributed by atoms with Crippen molar-refractivity contribution in [3.8, 4) is 11.8 Å². The number of carbonyl (C=O) groups is 3. The minimum Gasteiger partial charge on any atom is -0.424 e. The summed E-state index contributed by atoms with van der Waals surface area (Å²) in [6, 6.07) is 10.4. The zero-order chi connectivity index (χ0) is 26.2. The summed E-state index contributed by atoms with van der Waals surface area (Å²) in [6.45, 7) is 4.47. The Morgan fingerprint density at radius 2 is 1.95 bits per heavy atom. The molecule has 12 heteroatoms. The summed E-state index contributed by atoms with van der Waals surface area (Å²) in [6.07, 6.45) is 6.49. The van der Waals surface area contributed by atoms with E-state index in [4.69, 9.17) is 4.74 Å². The molecule has 0 spiro atoms. The molecule has 0 radical (unpaired) electrons. The Hall–Kier alpha value is -4.84. The van der Waals surface area contributed by atoms with E-state index in [1.54, 1.807) is 29.3 Å². The number of urea groups is 1. The van der Waals surface area contributed by atoms with E-state index in [1.165, 1.54) is 34.7 Å². The number of para-hydroxylation sites is 1. The van der Waals surface area contributed by atoms with Gasteiger partial charge in [-0.1, -0.05) is 24.8 Å². The Bertz CT molecular complexity index is 1570. The normalized spacial score (nSPS) is 16.3. The van der Waals surface area contributed by atoms with Gasteiger partial charge in [0.1, 0.15) is 15.5 Å². The van der Waals surface area contributed by atoms with E-state index in [0.717, 1.165) is 0 Å². The molecule has 1 aromatic carbocycles. The molecular formula is C26H21N7O4S. The number of carbonyl (C=O) groups excluding carboxylic acids is 3. The number of nitrogens with one attached hydrogen (secondary N) is 2. The van der Waals surface area contributed by atoms with Crippen LogP contribution in [0.1, 0.15) is 16.1 Å². The zero-order valence-corrected chi connectivity index (χ0v) is 20.8. The molecular weight excluding hydrogens is 506 g/mol. The van der Waals surface area contributed by atoms with Crippen LogP contribution in [0.2, 0.25) is 0 Å². The van der Waals surface area contributed by atoms with Crippen LogP contribution in [0.5, 0.6) is 11.8 Å². The SMILES string of the molecule is C=CC(=O)N1CC[C@@H](NC(=O)c2sc3nccc4c3c2NC(=O)N4c2cnc(Oc3ccccc3)nc2)C1. The molecule has 4 amide bonds. The number of pyridine rings is 1. The highest BCUT2D eigenvalue weighted by Gasteiger charge is 2.34. The van der Waals surface area contributed by atoms with Gasteiger partial charge in [-0.25, -0.2) is 19.7 Å². The minimum absolute atomic E-state index is 0.146. The van der Waals surface area contributed by atoms with E-state index in [1.807, 2.05) is 18.2 Å². The van der Waals surface area contributed by atoms with Crippen molar-refractivity contribution in [2.45, 2.75) is 12.5 Å². The van der Waals surface area contributed by atoms with Crippen LogP contribution in [-0.2, 0) is 4.79 Å². The van der Waals surface area contributed by atoms with Crippen molar-refractivity contribution in [1.29, 1.82) is 0 Å². The maximum atomic E-state index is 13.3. The summed E-state index contributed by atoms with van der Waals surface area (Å²) in [7, 11) is 0. The minimum atomic E-state index is -0.457. The summed E-state index contributed by atoms with van der Waals surface area (Å²) < 4.78 is 5.65. The van der Waals surface area contributed by atoms with Gasteiger partial charge in [0.05, 0.1) is 34.8 Å². The lowest BCUT2D eigenvalue weighted by atomic mass is 10.1. The molecule has 0 bridgehead atoms. The molecule has 190 valence electrons. The van der Waals surface area contributed by atoms with E-state index in [2.05, 4.69) is 32.2 Å². The monoisotopic (exact) mass is 527 g/mol. The summed E-state index contributed by atoms with van der Waals surface area (Å²) in [5, 5.41) is 6.49. The van der Waals surface area contributed by atoms with E-state index >= 15 is 0 Å². The second-order valence-electron chi connectivity index (χ2n) is 8.67. The highest BCUT2D eigenvalue weighted by Crippen LogP contribution is 2.45. The molecule has 11 nitrogen and oxygen atoms in total. The fourth-order valence-electron chi connectivity index (χ4n) is 4.53. The Kier molecular flexibility index (Phi) is 5.92. The van der Waals surface area contributed by atoms with Crippen LogP contribution in [0.4, 0.5) is 21.9 Å². The Labute approximate surface area is 220 Å². The third kappa shape index (κ3) is 4.20. The van der Waals surface area contributed by atoms with Crippen molar-refractivity contribution >= 4 is 56.5 Å². The number of benzene rings is 1. The first kappa shape index (κ1) is 23.6. The fourth-order valence-corrected chi connectivity index (χ4v) is 5.55. The van der Waals surface area contributed by atoms with Crippen molar-refractivity contribution in [1.82, 2.24) is 25.2 Å². The fraction of sp³-hybridized carbons (Fsp3) is 0.154. The topological polar surface area (TPSA) is 130 Å². The largest absolute Gasteiger partial charge is 0.424 e. The third-order valence-electron chi connectivity index (χ3n) is 6.29. The number of hydrogen-bond acceptors (Lipinski definition) is 8. The Morgan fingerprint density at radius 1 is 1.16 bits per heavy atom. The molecule has 1 fully saturated rings. The molecule has 4 aromatic rings. The van der Waals surface area contributed by atoms with Gasteiger partial charge in [-0.2, -0.15) is 0 Å². The van der Waals surface area contributed by atoms with Crippen LogP contribution in [0.15, 0.2) is 67.6 Å². The van der Waals surface area contributed by atoms with Crippen molar-refractivity contribution in [3.63, 3.8) is 0 Å². The smallest absolute Gasteiger partial charge is 0.331 e. The first-order valence-electron chi connectivity index (χ1n) is 11.8. The maximum absolute atomic E-state index is 13.3. The summed E-state index contributed by atoms with van der Waals surface area (Å²) in [4.78, 5) is 55.3. The van der Waals surface area contributed by atoms with Gasteiger partial charge in [-0.05, 0) is 30.7 Å². The van der Waals surface area contributed by atoms with Crippen LogP contribution in [0.25, 0.3) is 10.2 Å². The van der Waals surface area contributed by atoms with Gasteiger partial charge in [0, 0.05) is 25.3 Å². The molecule has 0 unspecified atom stereocenters. The van der Waals surface area contributed by atoms with Crippen LogP contribution < -0.4 is 20.3 Å². The predicted octanol–water partition coefficient (Wildman–Crippen LogP) is 4.08. The standard InChI is InChI=1S/C26H21N7O4S/c1-2-19(34)32-11-9-15(14-32)30-23(35)22-21-20-18(8-10-27-24(20)38-22)33(26(36)31-21)16-12-28-25(29-13-16)37-17-6-4-3-5-7-17/h2-8,10,12-13,15H,1,9,11,14H2,(H,30,35)(H,31,36)/t15-/m1/s1. The molecule has 0 aliphatic carbocycles. The molecule has 0 saturated carbocycles. The van der Waals surface area contributed by atoms with Gasteiger partial charge in [0.15, 0.2) is 0 Å². The number of ether oxygens (including phenoxy) is 1. The molecule has 2 aliphatic heterocycles. The molecule has 6 rings (SSSR count). The number of likely N-dealkylation sites (tertiary alicyclic amines) is 1. The first-order valence-corrected chi connectivity index (χ1v) is 12.6. The number of thiophene rings is 1. The predicted molar refractivity (Wildman–Crippen MR) is 142 cm³/mol. The molecule has 1 atom stereocenters. The zero-order valence-electron chi connectivity index (χ0n) is 20.0. The highest BCUT2D eigenvalue weighted by atomic mass is 32.1. The lowest BCUT2D eigenvalue weighted by molar-refractivity contribution is -0.125. The van der Waals surface area contributed by atoms with Gasteiger partial charge >= 0.3 is 12.0 Å². The van der Waals surface area contributed by atoms with Crippen LogP contribution >= 0.6 is 11.3 Å². The number of aromatic nitrogens is 3. The third-order valence-corrected chi connectivity index (χ3v) is 7.38. The van der Waals surface area contributed by atoms with E-state index in [0.29, 0.717) is 57.4 Å². The molecule has 1 saturated heterocycles. The molecule has 38 heavy (non-hydrogen) atoms. The average Bonchev–Trinajstić information content (AvgIpc) is 3.55. The Morgan fingerprint density at radius 3 is 2.71 bits per heavy atom. The highest BCUT2D eigenvalue weighted by molar-refractivity contribution is 7.21. The van der Waals surface area contributed by atoms with Gasteiger partial charge in [0.25, 0.3) is 5.91 Å². The molecule has 2 N–H and O–H groups in total. The number of anilines is 3. The van der Waals surface area contributed by atoms with Crippen LogP contribution in [-0.4, -0.2) is 56.8 Å². The summed E-state index contributed by atoms with van der Waals surface area (Å²) in [5.41, 5.74) is 1.40. The maximum Gasteiger partial charge on any atom is 0.331 e. The van der Waals surface area contributed by atoms with Crippen molar-refractivity contribution in [2.24, 2.45) is 0 Å². The number of amides is 4. The van der Waals surface area contributed by atoms with Gasteiger partial charge < -0.3 is 20.3 Å². The molecule has 5 heterocycles. The molecule has 2 aliphatic rings. The number of nitrogens with zero attached hydrogens (tertiary/aromatic N) is 5. The van der Waals surface area contributed by atoms with Crippen molar-refractivity contribution < 1.29 is 19.1 Å². The van der Waals surface area contributed by atoms with Gasteiger partial charge in [-0.3, -0.25) is 14.5 Å². The lowest BCUT2D eigenvalue weighted by Gasteiger charge is -2.27. The van der Waals surface area contributed by atoms with Gasteiger partial charge in [0.2, 0.25) is 5.91 Å². The Balaban J connectivity index is 1.27. The van der Waals surface area contributed by atoms with Crippen molar-refractivity contribution in [2.75, 3.05) is 23.3 Å². The molecule has 3 aromatic heterocycles. The quantitative estimate of drug-likeness (QED) is 0.362. The van der Waals surface area contributed by atoms with E-state index < -0.39 is 6.03 Å². The lowest BCUT2D eigenvalue weighted by Crippen LogP contribution is -2.39. The second-order valence-corrected chi connectivity index (χ2v) is 9.67. The summed E-state index contributed by atoms with van der Waals surface area (Å²) in [5.74, 6) is 0.105. The van der Waals surface area contributed by atoms with Gasteiger partial charge in [-0.15, -0.1) is 11.3 Å². The van der Waals surface area contributed by atoms with E-state index in [9.17, 15) is 14.4 Å². The van der Waals surface area contributed by atoms with E-state index in [-0.39, 0.29) is 23.9 Å². The number of rotatable bonds is 6. The number of hydrogen-bond donors (Lipinski definition) is 2. The second kappa shape index (κ2) is 9.56. The van der Waals surface area contributed by atoms with Crippen LogP contribution in [0, 0.1) is 0 Å². The average molecular weight is 528 g/mol. The first-order chi connectivity index (χ1) is 18.5. The van der Waals surface area contributed by atoms with Crippen LogP contribution in [0.3, 0.4) is 0 Å². The summed E-state index contributed by atoms with van der Waals surface area (Å²) >= 11 is 1.20. The van der Waals surface area contributed by atoms with Crippen molar-refractivity contribution in [3.05, 3.63) is 72.5 Å².